The normalized spacial score (nSPS) is 16.4. The Bertz CT molecular complexity index is 1100. The van der Waals surface area contributed by atoms with Crippen molar-refractivity contribution in [2.45, 2.75) is 26.3 Å². The molecule has 9 heteroatoms. The Labute approximate surface area is 160 Å². The van der Waals surface area contributed by atoms with E-state index in [4.69, 9.17) is 0 Å². The van der Waals surface area contributed by atoms with E-state index in [0.29, 0.717) is 11.4 Å². The second kappa shape index (κ2) is 6.84. The molecule has 3 amide bonds. The minimum absolute atomic E-state index is 0.0428. The smallest absolute Gasteiger partial charge is 0.277 e. The highest BCUT2D eigenvalue weighted by Crippen LogP contribution is 2.22. The number of nitrogens with zero attached hydrogens (tertiary/aromatic N) is 5. The highest BCUT2D eigenvalue weighted by atomic mass is 16.2. The van der Waals surface area contributed by atoms with Crippen molar-refractivity contribution < 1.29 is 14.4 Å². The number of aromatic nitrogens is 4. The van der Waals surface area contributed by atoms with E-state index in [1.165, 1.54) is 4.90 Å². The standard InChI is InChI=1S/C19H18N6O3/c1-3-24(14-10-15(26)21-18(14)27)19(28)16-11(2)25(23-22-16)13-8-4-6-12-7-5-9-20-17(12)13/h4-9,14H,3,10H2,1-2H3,(H,21,26,27). The fraction of sp³-hybridized carbons (Fsp3) is 0.263. The molecule has 1 unspecified atom stereocenters. The molecule has 0 bridgehead atoms. The van der Waals surface area contributed by atoms with Gasteiger partial charge in [-0.15, -0.1) is 5.10 Å². The summed E-state index contributed by atoms with van der Waals surface area (Å²) >= 11 is 0. The molecular formula is C19H18N6O3. The molecule has 1 saturated heterocycles. The van der Waals surface area contributed by atoms with Gasteiger partial charge in [0.25, 0.3) is 5.91 Å². The topological polar surface area (TPSA) is 110 Å². The van der Waals surface area contributed by atoms with E-state index in [-0.39, 0.29) is 24.6 Å². The Balaban J connectivity index is 1.73. The van der Waals surface area contributed by atoms with Crippen molar-refractivity contribution in [1.29, 1.82) is 0 Å². The zero-order valence-electron chi connectivity index (χ0n) is 15.4. The molecule has 1 aliphatic rings. The third-order valence-electron chi connectivity index (χ3n) is 4.86. The Morgan fingerprint density at radius 3 is 2.79 bits per heavy atom. The van der Waals surface area contributed by atoms with Crippen molar-refractivity contribution in [3.8, 4) is 5.69 Å². The third kappa shape index (κ3) is 2.81. The van der Waals surface area contributed by atoms with Gasteiger partial charge in [-0.25, -0.2) is 4.68 Å². The number of rotatable bonds is 4. The van der Waals surface area contributed by atoms with Crippen LogP contribution in [-0.4, -0.2) is 55.2 Å². The second-order valence-electron chi connectivity index (χ2n) is 6.51. The monoisotopic (exact) mass is 378 g/mol. The van der Waals surface area contributed by atoms with Gasteiger partial charge in [0.05, 0.1) is 23.3 Å². The van der Waals surface area contributed by atoms with E-state index in [1.54, 1.807) is 24.7 Å². The van der Waals surface area contributed by atoms with Gasteiger partial charge in [-0.05, 0) is 26.0 Å². The maximum Gasteiger partial charge on any atom is 0.277 e. The predicted molar refractivity (Wildman–Crippen MR) is 99.7 cm³/mol. The van der Waals surface area contributed by atoms with Crippen LogP contribution in [0.5, 0.6) is 0 Å². The lowest BCUT2D eigenvalue weighted by Gasteiger charge is -2.24. The van der Waals surface area contributed by atoms with Crippen LogP contribution in [0.2, 0.25) is 0 Å². The number of nitrogens with one attached hydrogen (secondary N) is 1. The van der Waals surface area contributed by atoms with Crippen LogP contribution >= 0.6 is 0 Å². The molecule has 1 fully saturated rings. The summed E-state index contributed by atoms with van der Waals surface area (Å²) in [6.07, 6.45) is 1.65. The summed E-state index contributed by atoms with van der Waals surface area (Å²) in [5.41, 5.74) is 2.12. The molecule has 0 radical (unpaired) electrons. The van der Waals surface area contributed by atoms with E-state index >= 15 is 0 Å². The van der Waals surface area contributed by atoms with Crippen LogP contribution in [0, 0.1) is 6.92 Å². The summed E-state index contributed by atoms with van der Waals surface area (Å²) in [7, 11) is 0. The van der Waals surface area contributed by atoms with Crippen LogP contribution < -0.4 is 5.32 Å². The van der Waals surface area contributed by atoms with Crippen LogP contribution in [0.1, 0.15) is 29.5 Å². The quantitative estimate of drug-likeness (QED) is 0.678. The molecule has 1 aromatic carbocycles. The highest BCUT2D eigenvalue weighted by molar-refractivity contribution is 6.08. The minimum atomic E-state index is -0.825. The van der Waals surface area contributed by atoms with Crippen molar-refractivity contribution in [2.75, 3.05) is 6.54 Å². The highest BCUT2D eigenvalue weighted by Gasteiger charge is 2.38. The Kier molecular flexibility index (Phi) is 4.34. The van der Waals surface area contributed by atoms with Crippen molar-refractivity contribution in [3.05, 3.63) is 47.9 Å². The number of imide groups is 1. The molecule has 0 spiro atoms. The van der Waals surface area contributed by atoms with Crippen LogP contribution in [0.4, 0.5) is 0 Å². The molecule has 142 valence electrons. The van der Waals surface area contributed by atoms with Crippen LogP contribution in [-0.2, 0) is 9.59 Å². The molecule has 4 rings (SSSR count). The van der Waals surface area contributed by atoms with Crippen LogP contribution in [0.15, 0.2) is 36.5 Å². The number of fused-ring (bicyclic) bond motifs is 1. The van der Waals surface area contributed by atoms with Crippen molar-refractivity contribution in [3.63, 3.8) is 0 Å². The number of benzene rings is 1. The largest absolute Gasteiger partial charge is 0.325 e. The number of para-hydroxylation sites is 1. The average Bonchev–Trinajstić information content (AvgIpc) is 3.23. The lowest BCUT2D eigenvalue weighted by atomic mass is 10.1. The summed E-state index contributed by atoms with van der Waals surface area (Å²) in [4.78, 5) is 42.3. The van der Waals surface area contributed by atoms with Gasteiger partial charge in [-0.3, -0.25) is 24.7 Å². The van der Waals surface area contributed by atoms with Gasteiger partial charge in [-0.1, -0.05) is 23.4 Å². The fourth-order valence-corrected chi connectivity index (χ4v) is 3.45. The summed E-state index contributed by atoms with van der Waals surface area (Å²) in [6.45, 7) is 3.76. The lowest BCUT2D eigenvalue weighted by molar-refractivity contribution is -0.126. The van der Waals surface area contributed by atoms with E-state index in [1.807, 2.05) is 30.3 Å². The Morgan fingerprint density at radius 2 is 2.07 bits per heavy atom. The van der Waals surface area contributed by atoms with Crippen molar-refractivity contribution in [1.82, 2.24) is 30.2 Å². The van der Waals surface area contributed by atoms with Gasteiger partial charge >= 0.3 is 0 Å². The molecule has 1 N–H and O–H groups in total. The summed E-state index contributed by atoms with van der Waals surface area (Å²) in [5.74, 6) is -1.29. The number of hydrogen-bond acceptors (Lipinski definition) is 6. The van der Waals surface area contributed by atoms with E-state index in [0.717, 1.165) is 10.9 Å². The average molecular weight is 378 g/mol. The van der Waals surface area contributed by atoms with Gasteiger partial charge in [0.2, 0.25) is 11.8 Å². The first-order valence-electron chi connectivity index (χ1n) is 8.92. The predicted octanol–water partition coefficient (Wildman–Crippen LogP) is 1.00. The Hall–Kier alpha value is -3.62. The number of amides is 3. The number of likely N-dealkylation sites (N-methyl/N-ethyl adjacent to an activating group) is 1. The molecule has 1 aliphatic heterocycles. The van der Waals surface area contributed by atoms with Gasteiger partial charge in [0.15, 0.2) is 5.69 Å². The van der Waals surface area contributed by atoms with Gasteiger partial charge in [-0.2, -0.15) is 0 Å². The number of carbonyl (C=O) groups excluding carboxylic acids is 3. The Morgan fingerprint density at radius 1 is 1.29 bits per heavy atom. The molecular weight excluding hydrogens is 360 g/mol. The van der Waals surface area contributed by atoms with E-state index in [9.17, 15) is 14.4 Å². The SMILES string of the molecule is CCN(C(=O)c1nnn(-c2cccc3cccnc23)c1C)C1CC(=O)NC1=O. The number of hydrogen-bond donors (Lipinski definition) is 1. The second-order valence-corrected chi connectivity index (χ2v) is 6.51. The zero-order chi connectivity index (χ0) is 19.8. The fourth-order valence-electron chi connectivity index (χ4n) is 3.45. The number of carbonyl (C=O) groups is 3. The molecule has 1 atom stereocenters. The molecule has 9 nitrogen and oxygen atoms in total. The molecule has 3 aromatic rings. The van der Waals surface area contributed by atoms with E-state index in [2.05, 4.69) is 20.6 Å². The third-order valence-corrected chi connectivity index (χ3v) is 4.86. The molecule has 28 heavy (non-hydrogen) atoms. The van der Waals surface area contributed by atoms with Crippen molar-refractivity contribution >= 4 is 28.6 Å². The summed E-state index contributed by atoms with van der Waals surface area (Å²) in [5, 5.41) is 11.4. The maximum absolute atomic E-state index is 13.0. The maximum atomic E-state index is 13.0. The zero-order valence-corrected chi connectivity index (χ0v) is 15.4. The van der Waals surface area contributed by atoms with Gasteiger partial charge in [0, 0.05) is 18.1 Å². The van der Waals surface area contributed by atoms with Crippen LogP contribution in [0.25, 0.3) is 16.6 Å². The van der Waals surface area contributed by atoms with E-state index < -0.39 is 17.9 Å². The first kappa shape index (κ1) is 17.8. The van der Waals surface area contributed by atoms with Crippen LogP contribution in [0.3, 0.4) is 0 Å². The van der Waals surface area contributed by atoms with Gasteiger partial charge in [0.1, 0.15) is 6.04 Å². The van der Waals surface area contributed by atoms with Crippen molar-refractivity contribution in [2.24, 2.45) is 0 Å². The first-order valence-corrected chi connectivity index (χ1v) is 8.92. The number of pyridine rings is 1. The molecule has 0 aliphatic carbocycles. The summed E-state index contributed by atoms with van der Waals surface area (Å²) in [6, 6.07) is 8.65. The minimum Gasteiger partial charge on any atom is -0.325 e. The molecule has 3 heterocycles. The first-order chi connectivity index (χ1) is 13.5. The van der Waals surface area contributed by atoms with Gasteiger partial charge < -0.3 is 4.90 Å². The molecule has 2 aromatic heterocycles. The lowest BCUT2D eigenvalue weighted by Crippen LogP contribution is -2.44. The molecule has 0 saturated carbocycles. The summed E-state index contributed by atoms with van der Waals surface area (Å²) < 4.78 is 1.57.